The molecule has 0 radical (unpaired) electrons. The molecule has 0 saturated heterocycles. The lowest BCUT2D eigenvalue weighted by molar-refractivity contribution is -0.137. The Hall–Kier alpha value is -4.62. The van der Waals surface area contributed by atoms with Crippen LogP contribution in [0.4, 0.5) is 28.4 Å². The number of halogens is 3. The summed E-state index contributed by atoms with van der Waals surface area (Å²) in [5, 5.41) is 21.3. The minimum atomic E-state index is -4.63. The molecule has 0 bridgehead atoms. The predicted molar refractivity (Wildman–Crippen MR) is 140 cm³/mol. The molecule has 0 fully saturated rings. The predicted octanol–water partition coefficient (Wildman–Crippen LogP) is 6.01. The van der Waals surface area contributed by atoms with E-state index in [1.54, 1.807) is 43.3 Å². The van der Waals surface area contributed by atoms with Gasteiger partial charge in [0.15, 0.2) is 0 Å². The average Bonchev–Trinajstić information content (AvgIpc) is 2.92. The van der Waals surface area contributed by atoms with Gasteiger partial charge in [-0.25, -0.2) is 14.5 Å². The van der Waals surface area contributed by atoms with Gasteiger partial charge in [0.1, 0.15) is 0 Å². The van der Waals surface area contributed by atoms with Crippen molar-refractivity contribution >= 4 is 23.3 Å². The maximum absolute atomic E-state index is 13.6. The number of urea groups is 2. The molecule has 3 aromatic carbocycles. The fourth-order valence-electron chi connectivity index (χ4n) is 4.36. The summed E-state index contributed by atoms with van der Waals surface area (Å²) in [7, 11) is 0. The first-order chi connectivity index (χ1) is 18.5. The first kappa shape index (κ1) is 27.4. The minimum absolute atomic E-state index is 0.0475. The number of anilines is 1. The van der Waals surface area contributed by atoms with Gasteiger partial charge < -0.3 is 10.4 Å². The van der Waals surface area contributed by atoms with Crippen LogP contribution in [0.5, 0.6) is 0 Å². The van der Waals surface area contributed by atoms with Crippen molar-refractivity contribution in [3.05, 3.63) is 95.2 Å². The van der Waals surface area contributed by atoms with Gasteiger partial charge in [0.25, 0.3) is 0 Å². The third-order valence-electron chi connectivity index (χ3n) is 6.31. The number of hydrogen-bond acceptors (Lipinski definition) is 4. The maximum atomic E-state index is 13.6. The molecule has 0 aliphatic carbocycles. The number of allylic oxidation sites excluding steroid dienone is 1. The normalized spacial score (nSPS) is 14.7. The van der Waals surface area contributed by atoms with Crippen LogP contribution in [-0.2, 0) is 6.18 Å². The Morgan fingerprint density at radius 3 is 2.36 bits per heavy atom. The van der Waals surface area contributed by atoms with Crippen LogP contribution in [-0.4, -0.2) is 41.3 Å². The number of rotatable bonds is 5. The number of carbonyl (C=O) groups excluding carboxylic acids is 2. The Balaban J connectivity index is 1.88. The first-order valence-electron chi connectivity index (χ1n) is 12.1. The van der Waals surface area contributed by atoms with Crippen molar-refractivity contribution in [1.82, 2.24) is 10.2 Å². The molecule has 0 spiro atoms. The van der Waals surface area contributed by atoms with Gasteiger partial charge in [0.05, 0.1) is 35.5 Å². The van der Waals surface area contributed by atoms with Crippen LogP contribution in [0.15, 0.2) is 78.5 Å². The molecule has 200 valence electrons. The van der Waals surface area contributed by atoms with Gasteiger partial charge in [0, 0.05) is 12.2 Å². The van der Waals surface area contributed by atoms with Gasteiger partial charge in [-0.2, -0.15) is 18.4 Å². The summed E-state index contributed by atoms with van der Waals surface area (Å²) in [4.78, 5) is 28.6. The molecule has 1 unspecified atom stereocenters. The highest BCUT2D eigenvalue weighted by molar-refractivity contribution is 6.09. The molecule has 2 N–H and O–H groups in total. The number of aliphatic hydroxyl groups is 1. The summed E-state index contributed by atoms with van der Waals surface area (Å²) in [6.07, 6.45) is -5.51. The monoisotopic (exact) mass is 534 g/mol. The van der Waals surface area contributed by atoms with E-state index >= 15 is 0 Å². The van der Waals surface area contributed by atoms with E-state index in [9.17, 15) is 27.9 Å². The number of alkyl halides is 3. The number of hydrogen-bond donors (Lipinski definition) is 2. The van der Waals surface area contributed by atoms with Crippen molar-refractivity contribution in [1.29, 1.82) is 5.26 Å². The number of carbonyl (C=O) groups is 2. The molecule has 4 amide bonds. The van der Waals surface area contributed by atoms with Crippen LogP contribution >= 0.6 is 0 Å². The zero-order valence-electron chi connectivity index (χ0n) is 21.2. The van der Waals surface area contributed by atoms with Crippen molar-refractivity contribution in [3.63, 3.8) is 0 Å². The second-order valence-electron chi connectivity index (χ2n) is 9.09. The number of benzene rings is 3. The molecular weight excluding hydrogens is 509 g/mol. The maximum Gasteiger partial charge on any atom is 0.416 e. The fraction of sp³-hybridized carbons (Fsp3) is 0.207. The van der Waals surface area contributed by atoms with Crippen LogP contribution in [0.25, 0.3) is 16.7 Å². The highest BCUT2D eigenvalue weighted by atomic mass is 19.4. The highest BCUT2D eigenvalue weighted by Gasteiger charge is 2.38. The third kappa shape index (κ3) is 5.78. The van der Waals surface area contributed by atoms with Crippen molar-refractivity contribution in [2.24, 2.45) is 0 Å². The molecule has 1 aliphatic heterocycles. The van der Waals surface area contributed by atoms with Crippen LogP contribution in [0, 0.1) is 11.3 Å². The van der Waals surface area contributed by atoms with E-state index in [-0.39, 0.29) is 18.8 Å². The number of aliphatic hydroxyl groups excluding tert-OH is 1. The lowest BCUT2D eigenvalue weighted by atomic mass is 9.91. The quantitative estimate of drug-likeness (QED) is 0.419. The Labute approximate surface area is 223 Å². The van der Waals surface area contributed by atoms with E-state index in [0.717, 1.165) is 33.1 Å². The summed E-state index contributed by atoms with van der Waals surface area (Å²) >= 11 is 0. The lowest BCUT2D eigenvalue weighted by Gasteiger charge is -2.37. The van der Waals surface area contributed by atoms with Crippen molar-refractivity contribution < 1.29 is 27.9 Å². The SMILES string of the molecule is CC1=C(c2ccccc2-c2ccc(C#N)cc2)CN(C(=O)NCC(C)O)C(=O)N1c1cccc(C(F)(F)F)c1. The van der Waals surface area contributed by atoms with Gasteiger partial charge in [-0.15, -0.1) is 0 Å². The molecule has 1 atom stereocenters. The van der Waals surface area contributed by atoms with E-state index < -0.39 is 29.9 Å². The number of amides is 4. The Bertz CT molecular complexity index is 1470. The van der Waals surface area contributed by atoms with Crippen LogP contribution in [0.2, 0.25) is 0 Å². The van der Waals surface area contributed by atoms with Crippen LogP contribution in [0.1, 0.15) is 30.5 Å². The first-order valence-corrected chi connectivity index (χ1v) is 12.1. The van der Waals surface area contributed by atoms with E-state index in [1.165, 1.54) is 19.1 Å². The molecule has 7 nitrogen and oxygen atoms in total. The smallest absolute Gasteiger partial charge is 0.392 e. The second-order valence-corrected chi connectivity index (χ2v) is 9.09. The summed E-state index contributed by atoms with van der Waals surface area (Å²) < 4.78 is 40.5. The number of nitrogens with one attached hydrogen (secondary N) is 1. The topological polar surface area (TPSA) is 96.7 Å². The molecule has 1 aliphatic rings. The highest BCUT2D eigenvalue weighted by Crippen LogP contribution is 2.38. The standard InChI is InChI=1S/C29H25F3N4O3/c1-18(37)16-34-27(38)35-17-26(25-9-4-3-8-24(25)21-12-10-20(15-33)11-13-21)19(2)36(28(35)39)23-7-5-6-22(14-23)29(30,31)32/h3-14,18,37H,16-17H2,1-2H3,(H,34,38). The van der Waals surface area contributed by atoms with E-state index in [4.69, 9.17) is 5.26 Å². The summed E-state index contributed by atoms with van der Waals surface area (Å²) in [6.45, 7) is 2.82. The zero-order valence-corrected chi connectivity index (χ0v) is 21.2. The zero-order chi connectivity index (χ0) is 28.3. The van der Waals surface area contributed by atoms with Gasteiger partial charge in [0.2, 0.25) is 0 Å². The average molecular weight is 535 g/mol. The van der Waals surface area contributed by atoms with Crippen LogP contribution in [0.3, 0.4) is 0 Å². The third-order valence-corrected chi connectivity index (χ3v) is 6.31. The number of imide groups is 1. The van der Waals surface area contributed by atoms with E-state index in [1.807, 2.05) is 12.1 Å². The van der Waals surface area contributed by atoms with Gasteiger partial charge >= 0.3 is 18.2 Å². The molecular formula is C29H25F3N4O3. The summed E-state index contributed by atoms with van der Waals surface area (Å²) in [5.41, 5.74) is 2.59. The van der Waals surface area contributed by atoms with E-state index in [0.29, 0.717) is 22.4 Å². The minimum Gasteiger partial charge on any atom is -0.392 e. The summed E-state index contributed by atoms with van der Waals surface area (Å²) in [6, 6.07) is 18.9. The molecule has 39 heavy (non-hydrogen) atoms. The van der Waals surface area contributed by atoms with E-state index in [2.05, 4.69) is 11.4 Å². The lowest BCUT2D eigenvalue weighted by Crippen LogP contribution is -2.54. The Morgan fingerprint density at radius 2 is 1.74 bits per heavy atom. The van der Waals surface area contributed by atoms with Gasteiger partial charge in [-0.1, -0.05) is 42.5 Å². The molecule has 10 heteroatoms. The molecule has 1 heterocycles. The van der Waals surface area contributed by atoms with Gasteiger partial charge in [-0.05, 0) is 66.4 Å². The van der Waals surface area contributed by atoms with Crippen molar-refractivity contribution in [3.8, 4) is 17.2 Å². The van der Waals surface area contributed by atoms with Crippen molar-refractivity contribution in [2.45, 2.75) is 26.1 Å². The Kier molecular flexibility index (Phi) is 7.74. The second kappa shape index (κ2) is 11.0. The van der Waals surface area contributed by atoms with Crippen LogP contribution < -0.4 is 10.2 Å². The molecule has 0 aromatic heterocycles. The van der Waals surface area contributed by atoms with Gasteiger partial charge in [-0.3, -0.25) is 4.90 Å². The number of nitrogens with zero attached hydrogens (tertiary/aromatic N) is 3. The van der Waals surface area contributed by atoms with Crippen molar-refractivity contribution in [2.75, 3.05) is 18.0 Å². The largest absolute Gasteiger partial charge is 0.416 e. The summed E-state index contributed by atoms with van der Waals surface area (Å²) in [5.74, 6) is 0. The Morgan fingerprint density at radius 1 is 1.08 bits per heavy atom. The fourth-order valence-corrected chi connectivity index (χ4v) is 4.36. The molecule has 3 aromatic rings. The number of nitriles is 1. The molecule has 4 rings (SSSR count). The molecule has 0 saturated carbocycles.